The minimum Gasteiger partial charge on any atom is -0.382 e. The molecule has 0 radical (unpaired) electrons. The molecule has 5 heteroatoms. The molecule has 0 spiro atoms. The number of halogens is 1. The molecule has 0 aliphatic rings. The van der Waals surface area contributed by atoms with E-state index in [1.165, 1.54) is 0 Å². The third kappa shape index (κ3) is 3.01. The second kappa shape index (κ2) is 6.26. The summed E-state index contributed by atoms with van der Waals surface area (Å²) in [4.78, 5) is 2.40. The number of hydrogen-bond donors (Lipinski definition) is 1. The maximum atomic E-state index is 6.16. The molecule has 0 aliphatic carbocycles. The molecule has 0 bridgehead atoms. The predicted molar refractivity (Wildman–Crippen MR) is 81.6 cm³/mol. The van der Waals surface area contributed by atoms with Gasteiger partial charge in [0.05, 0.1) is 15.9 Å². The lowest BCUT2D eigenvalue weighted by Crippen LogP contribution is -2.25. The molecule has 2 rings (SSSR count). The first-order valence-electron chi connectivity index (χ1n) is 6.80. The fraction of sp³-hybridized carbons (Fsp3) is 0.500. The maximum absolute atomic E-state index is 6.16. The summed E-state index contributed by atoms with van der Waals surface area (Å²) < 4.78 is 1.96. The molecule has 0 fully saturated rings. The van der Waals surface area contributed by atoms with Crippen LogP contribution in [0.15, 0.2) is 18.2 Å². The van der Waals surface area contributed by atoms with Gasteiger partial charge in [0.15, 0.2) is 5.82 Å². The number of aromatic nitrogens is 2. The van der Waals surface area contributed by atoms with Crippen molar-refractivity contribution in [3.63, 3.8) is 0 Å². The largest absolute Gasteiger partial charge is 0.382 e. The Kier molecular flexibility index (Phi) is 4.66. The third-order valence-corrected chi connectivity index (χ3v) is 3.81. The number of aryl methyl sites for hydroxylation is 1. The fourth-order valence-corrected chi connectivity index (χ4v) is 2.64. The molecule has 0 unspecified atom stereocenters. The van der Waals surface area contributed by atoms with Crippen molar-refractivity contribution in [2.45, 2.75) is 26.8 Å². The van der Waals surface area contributed by atoms with Crippen LogP contribution in [0.2, 0.25) is 5.02 Å². The highest BCUT2D eigenvalue weighted by atomic mass is 35.5. The maximum Gasteiger partial charge on any atom is 0.154 e. The van der Waals surface area contributed by atoms with E-state index in [4.69, 9.17) is 17.3 Å². The highest BCUT2D eigenvalue weighted by molar-refractivity contribution is 6.36. The van der Waals surface area contributed by atoms with Crippen LogP contribution in [0.5, 0.6) is 0 Å². The van der Waals surface area contributed by atoms with Gasteiger partial charge >= 0.3 is 0 Å². The SMILES string of the molecule is CCN(CC)CCCn1nc(N)c2c(Cl)cccc21. The van der Waals surface area contributed by atoms with Gasteiger partial charge in [0.2, 0.25) is 0 Å². The number of nitrogen functional groups attached to an aromatic ring is 1. The molecule has 2 N–H and O–H groups in total. The van der Waals surface area contributed by atoms with Crippen molar-refractivity contribution in [2.75, 3.05) is 25.4 Å². The number of nitrogens with two attached hydrogens (primary N) is 1. The summed E-state index contributed by atoms with van der Waals surface area (Å²) in [5.41, 5.74) is 6.95. The van der Waals surface area contributed by atoms with E-state index in [9.17, 15) is 0 Å². The van der Waals surface area contributed by atoms with Crippen LogP contribution in [0.25, 0.3) is 10.9 Å². The molecule has 0 saturated heterocycles. The molecular weight excluding hydrogens is 260 g/mol. The fourth-order valence-electron chi connectivity index (χ4n) is 2.37. The standard InChI is InChI=1S/C14H21ClN4/c1-3-18(4-2)9-6-10-19-12-8-5-7-11(15)13(12)14(16)17-19/h5,7-8H,3-4,6,9-10H2,1-2H3,(H2,16,17). The molecule has 1 heterocycles. The van der Waals surface area contributed by atoms with Crippen molar-refractivity contribution in [2.24, 2.45) is 0 Å². The van der Waals surface area contributed by atoms with Gasteiger partial charge in [-0.2, -0.15) is 5.10 Å². The molecule has 1 aromatic heterocycles. The predicted octanol–water partition coefficient (Wildman–Crippen LogP) is 3.00. The van der Waals surface area contributed by atoms with E-state index in [2.05, 4.69) is 23.8 Å². The minimum atomic E-state index is 0.517. The molecule has 0 amide bonds. The topological polar surface area (TPSA) is 47.1 Å². The zero-order valence-corrected chi connectivity index (χ0v) is 12.3. The first kappa shape index (κ1) is 14.2. The minimum absolute atomic E-state index is 0.517. The highest BCUT2D eigenvalue weighted by Gasteiger charge is 2.10. The Morgan fingerprint density at radius 2 is 2.05 bits per heavy atom. The van der Waals surface area contributed by atoms with Crippen LogP contribution >= 0.6 is 11.6 Å². The number of fused-ring (bicyclic) bond motifs is 1. The van der Waals surface area contributed by atoms with Gasteiger partial charge in [-0.15, -0.1) is 0 Å². The lowest BCUT2D eigenvalue weighted by Gasteiger charge is -2.17. The normalized spacial score (nSPS) is 11.6. The first-order valence-corrected chi connectivity index (χ1v) is 7.18. The number of rotatable bonds is 6. The van der Waals surface area contributed by atoms with Crippen molar-refractivity contribution < 1.29 is 0 Å². The number of nitrogens with zero attached hydrogens (tertiary/aromatic N) is 3. The van der Waals surface area contributed by atoms with E-state index < -0.39 is 0 Å². The Morgan fingerprint density at radius 1 is 1.32 bits per heavy atom. The van der Waals surface area contributed by atoms with Crippen LogP contribution in [0.1, 0.15) is 20.3 Å². The van der Waals surface area contributed by atoms with Crippen LogP contribution in [-0.4, -0.2) is 34.3 Å². The van der Waals surface area contributed by atoms with Crippen LogP contribution in [-0.2, 0) is 6.54 Å². The van der Waals surface area contributed by atoms with Crippen molar-refractivity contribution in [3.05, 3.63) is 23.2 Å². The Bertz CT molecular complexity index is 546. The average molecular weight is 281 g/mol. The van der Waals surface area contributed by atoms with Gasteiger partial charge in [-0.3, -0.25) is 4.68 Å². The second-order valence-corrected chi connectivity index (χ2v) is 5.03. The zero-order valence-electron chi connectivity index (χ0n) is 11.6. The molecule has 2 aromatic rings. The summed E-state index contributed by atoms with van der Waals surface area (Å²) in [6.07, 6.45) is 1.06. The van der Waals surface area contributed by atoms with E-state index in [1.54, 1.807) is 0 Å². The molecule has 104 valence electrons. The molecule has 1 aromatic carbocycles. The molecule has 0 aliphatic heterocycles. The monoisotopic (exact) mass is 280 g/mol. The molecular formula is C14H21ClN4. The van der Waals surface area contributed by atoms with Gasteiger partial charge in [-0.25, -0.2) is 0 Å². The van der Waals surface area contributed by atoms with E-state index >= 15 is 0 Å². The lowest BCUT2D eigenvalue weighted by atomic mass is 10.2. The van der Waals surface area contributed by atoms with Crippen LogP contribution in [0.3, 0.4) is 0 Å². The summed E-state index contributed by atoms with van der Waals surface area (Å²) in [5, 5.41) is 5.93. The van der Waals surface area contributed by atoms with E-state index in [1.807, 2.05) is 22.9 Å². The zero-order chi connectivity index (χ0) is 13.8. The highest BCUT2D eigenvalue weighted by Crippen LogP contribution is 2.28. The van der Waals surface area contributed by atoms with Gasteiger partial charge in [0.25, 0.3) is 0 Å². The van der Waals surface area contributed by atoms with Gasteiger partial charge in [-0.05, 0) is 38.2 Å². The molecule has 19 heavy (non-hydrogen) atoms. The quantitative estimate of drug-likeness (QED) is 0.885. The summed E-state index contributed by atoms with van der Waals surface area (Å²) in [5.74, 6) is 0.517. The molecule has 4 nitrogen and oxygen atoms in total. The van der Waals surface area contributed by atoms with E-state index in [0.29, 0.717) is 10.8 Å². The average Bonchev–Trinajstić information content (AvgIpc) is 2.73. The Labute approximate surface area is 119 Å². The lowest BCUT2D eigenvalue weighted by molar-refractivity contribution is 0.292. The van der Waals surface area contributed by atoms with E-state index in [0.717, 1.165) is 43.5 Å². The Morgan fingerprint density at radius 3 is 2.74 bits per heavy atom. The van der Waals surface area contributed by atoms with Crippen molar-refractivity contribution >= 4 is 28.3 Å². The first-order chi connectivity index (χ1) is 9.17. The third-order valence-electron chi connectivity index (χ3n) is 3.49. The summed E-state index contributed by atoms with van der Waals surface area (Å²) in [7, 11) is 0. The van der Waals surface area contributed by atoms with Gasteiger partial charge < -0.3 is 10.6 Å². The molecule has 0 saturated carbocycles. The number of anilines is 1. The Hall–Kier alpha value is -1.26. The van der Waals surface area contributed by atoms with Gasteiger partial charge in [-0.1, -0.05) is 31.5 Å². The Balaban J connectivity index is 2.11. The second-order valence-electron chi connectivity index (χ2n) is 4.62. The van der Waals surface area contributed by atoms with Crippen LogP contribution in [0.4, 0.5) is 5.82 Å². The number of benzene rings is 1. The van der Waals surface area contributed by atoms with Crippen LogP contribution in [0, 0.1) is 0 Å². The van der Waals surface area contributed by atoms with Crippen molar-refractivity contribution in [3.8, 4) is 0 Å². The van der Waals surface area contributed by atoms with Crippen molar-refractivity contribution in [1.29, 1.82) is 0 Å². The van der Waals surface area contributed by atoms with Crippen LogP contribution < -0.4 is 5.73 Å². The molecule has 0 atom stereocenters. The summed E-state index contributed by atoms with van der Waals surface area (Å²) in [6.45, 7) is 8.49. The number of hydrogen-bond acceptors (Lipinski definition) is 3. The van der Waals surface area contributed by atoms with Crippen molar-refractivity contribution in [1.82, 2.24) is 14.7 Å². The summed E-state index contributed by atoms with van der Waals surface area (Å²) in [6, 6.07) is 5.80. The van der Waals surface area contributed by atoms with E-state index in [-0.39, 0.29) is 0 Å². The van der Waals surface area contributed by atoms with Gasteiger partial charge in [0.1, 0.15) is 0 Å². The summed E-state index contributed by atoms with van der Waals surface area (Å²) >= 11 is 6.16. The van der Waals surface area contributed by atoms with Gasteiger partial charge in [0, 0.05) is 6.54 Å². The smallest absolute Gasteiger partial charge is 0.154 e.